The Morgan fingerprint density at radius 3 is 2.67 bits per heavy atom. The number of halogens is 1. The number of anilines is 2. The highest BCUT2D eigenvalue weighted by Crippen LogP contribution is 2.29. The SMILES string of the molecule is COc1cn(Cc2ccc(C)c(Cl)c2)c(Nc2cc3sc(C)nc3cc2C)nc1=O. The molecule has 0 aliphatic rings. The van der Waals surface area contributed by atoms with Crippen LogP contribution in [0.2, 0.25) is 5.02 Å². The van der Waals surface area contributed by atoms with Crippen molar-refractivity contribution in [1.82, 2.24) is 14.5 Å². The maximum Gasteiger partial charge on any atom is 0.316 e. The van der Waals surface area contributed by atoms with Gasteiger partial charge in [0.25, 0.3) is 0 Å². The molecule has 154 valence electrons. The Morgan fingerprint density at radius 1 is 1.13 bits per heavy atom. The molecule has 0 spiro atoms. The summed E-state index contributed by atoms with van der Waals surface area (Å²) in [6.07, 6.45) is 1.66. The zero-order chi connectivity index (χ0) is 21.4. The van der Waals surface area contributed by atoms with Crippen LogP contribution >= 0.6 is 22.9 Å². The third kappa shape index (κ3) is 4.04. The molecule has 0 atom stereocenters. The van der Waals surface area contributed by atoms with Gasteiger partial charge in [-0.3, -0.25) is 4.79 Å². The van der Waals surface area contributed by atoms with E-state index in [-0.39, 0.29) is 5.75 Å². The molecule has 2 heterocycles. The van der Waals surface area contributed by atoms with E-state index < -0.39 is 5.56 Å². The molecule has 0 saturated heterocycles. The van der Waals surface area contributed by atoms with Crippen LogP contribution in [0.25, 0.3) is 10.2 Å². The Morgan fingerprint density at radius 2 is 1.93 bits per heavy atom. The van der Waals surface area contributed by atoms with E-state index in [1.807, 2.05) is 55.7 Å². The fourth-order valence-corrected chi connectivity index (χ4v) is 4.27. The van der Waals surface area contributed by atoms with E-state index in [2.05, 4.69) is 15.3 Å². The van der Waals surface area contributed by atoms with Crippen LogP contribution in [0.1, 0.15) is 21.7 Å². The average molecular weight is 441 g/mol. The Kier molecular flexibility index (Phi) is 5.49. The molecule has 0 bridgehead atoms. The maximum atomic E-state index is 12.3. The average Bonchev–Trinajstić information content (AvgIpc) is 3.05. The molecule has 0 saturated carbocycles. The molecular weight excluding hydrogens is 420 g/mol. The highest BCUT2D eigenvalue weighted by atomic mass is 35.5. The van der Waals surface area contributed by atoms with Gasteiger partial charge in [0.1, 0.15) is 0 Å². The summed E-state index contributed by atoms with van der Waals surface area (Å²) in [6.45, 7) is 6.43. The number of methoxy groups -OCH3 is 1. The van der Waals surface area contributed by atoms with Gasteiger partial charge in [-0.2, -0.15) is 4.98 Å². The smallest absolute Gasteiger partial charge is 0.316 e. The number of ether oxygens (including phenoxy) is 1. The van der Waals surface area contributed by atoms with E-state index in [0.29, 0.717) is 17.5 Å². The molecule has 4 rings (SSSR count). The van der Waals surface area contributed by atoms with Crippen molar-refractivity contribution in [2.24, 2.45) is 0 Å². The number of aryl methyl sites for hydroxylation is 3. The largest absolute Gasteiger partial charge is 0.490 e. The first kappa shape index (κ1) is 20.4. The van der Waals surface area contributed by atoms with Gasteiger partial charge < -0.3 is 14.6 Å². The summed E-state index contributed by atoms with van der Waals surface area (Å²) in [5.41, 5.74) is 4.44. The van der Waals surface area contributed by atoms with Crippen molar-refractivity contribution >= 4 is 44.8 Å². The third-order valence-electron chi connectivity index (χ3n) is 4.86. The molecule has 0 amide bonds. The zero-order valence-electron chi connectivity index (χ0n) is 17.1. The number of thiazole rings is 1. The van der Waals surface area contributed by atoms with E-state index in [1.165, 1.54) is 7.11 Å². The monoisotopic (exact) mass is 440 g/mol. The van der Waals surface area contributed by atoms with E-state index in [4.69, 9.17) is 16.3 Å². The summed E-state index contributed by atoms with van der Waals surface area (Å²) < 4.78 is 8.13. The molecule has 0 aliphatic carbocycles. The minimum atomic E-state index is -0.425. The molecule has 0 aliphatic heterocycles. The number of nitrogens with one attached hydrogen (secondary N) is 1. The maximum absolute atomic E-state index is 12.3. The summed E-state index contributed by atoms with van der Waals surface area (Å²) >= 11 is 7.92. The number of nitrogens with zero attached hydrogens (tertiary/aromatic N) is 3. The lowest BCUT2D eigenvalue weighted by atomic mass is 10.1. The fourth-order valence-electron chi connectivity index (χ4n) is 3.21. The highest BCUT2D eigenvalue weighted by Gasteiger charge is 2.13. The highest BCUT2D eigenvalue weighted by molar-refractivity contribution is 7.18. The van der Waals surface area contributed by atoms with Crippen molar-refractivity contribution in [1.29, 1.82) is 0 Å². The quantitative estimate of drug-likeness (QED) is 0.460. The van der Waals surface area contributed by atoms with Crippen LogP contribution in [0.4, 0.5) is 11.6 Å². The zero-order valence-corrected chi connectivity index (χ0v) is 18.7. The number of aromatic nitrogens is 3. The second-order valence-electron chi connectivity index (χ2n) is 7.14. The molecule has 6 nitrogen and oxygen atoms in total. The Balaban J connectivity index is 1.76. The Bertz CT molecular complexity index is 1310. The van der Waals surface area contributed by atoms with Crippen molar-refractivity contribution in [3.8, 4) is 5.75 Å². The fraction of sp³-hybridized carbons (Fsp3) is 0.227. The van der Waals surface area contributed by atoms with Gasteiger partial charge in [0.15, 0.2) is 0 Å². The normalized spacial score (nSPS) is 11.1. The molecule has 8 heteroatoms. The first-order chi connectivity index (χ1) is 14.3. The van der Waals surface area contributed by atoms with E-state index >= 15 is 0 Å². The van der Waals surface area contributed by atoms with Crippen LogP contribution in [-0.2, 0) is 6.54 Å². The van der Waals surface area contributed by atoms with E-state index in [0.717, 1.165) is 37.6 Å². The van der Waals surface area contributed by atoms with Crippen molar-refractivity contribution < 1.29 is 4.74 Å². The van der Waals surface area contributed by atoms with Gasteiger partial charge in [-0.1, -0.05) is 23.7 Å². The minimum Gasteiger partial charge on any atom is -0.490 e. The summed E-state index contributed by atoms with van der Waals surface area (Å²) in [4.78, 5) is 21.1. The van der Waals surface area contributed by atoms with Crippen molar-refractivity contribution in [3.05, 3.63) is 73.6 Å². The predicted octanol–water partition coefficient (Wildman–Crippen LogP) is 5.23. The topological polar surface area (TPSA) is 69.0 Å². The molecule has 2 aromatic carbocycles. The predicted molar refractivity (Wildman–Crippen MR) is 123 cm³/mol. The molecule has 1 N–H and O–H groups in total. The number of fused-ring (bicyclic) bond motifs is 1. The molecule has 0 unspecified atom stereocenters. The van der Waals surface area contributed by atoms with Gasteiger partial charge >= 0.3 is 5.56 Å². The Hall–Kier alpha value is -2.90. The lowest BCUT2D eigenvalue weighted by Crippen LogP contribution is -2.19. The number of hydrogen-bond acceptors (Lipinski definition) is 6. The van der Waals surface area contributed by atoms with Crippen LogP contribution < -0.4 is 15.6 Å². The minimum absolute atomic E-state index is 0.184. The summed E-state index contributed by atoms with van der Waals surface area (Å²) in [5.74, 6) is 0.616. The van der Waals surface area contributed by atoms with Crippen LogP contribution in [0, 0.1) is 20.8 Å². The standard InChI is InChI=1S/C22H21ClN4O2S/c1-12-5-6-15(8-16(12)23)10-27-11-19(29-4)21(28)26-22(27)25-17-9-20-18(7-13(17)2)24-14(3)30-20/h5-9,11H,10H2,1-4H3,(H,25,26,28). The Labute approximate surface area is 183 Å². The molecule has 2 aromatic heterocycles. The second kappa shape index (κ2) is 8.08. The summed E-state index contributed by atoms with van der Waals surface area (Å²) in [5, 5.41) is 5.03. The van der Waals surface area contributed by atoms with E-state index in [9.17, 15) is 4.79 Å². The van der Waals surface area contributed by atoms with Gasteiger partial charge in [-0.05, 0) is 55.7 Å². The molecule has 0 radical (unpaired) electrons. The van der Waals surface area contributed by atoms with Gasteiger partial charge in [-0.15, -0.1) is 11.3 Å². The molecule has 4 aromatic rings. The third-order valence-corrected chi connectivity index (χ3v) is 6.20. The lowest BCUT2D eigenvalue weighted by molar-refractivity contribution is 0.402. The van der Waals surface area contributed by atoms with Crippen LogP contribution in [-0.4, -0.2) is 21.6 Å². The molecule has 0 fully saturated rings. The molecular formula is C22H21ClN4O2S. The van der Waals surface area contributed by atoms with Crippen LogP contribution in [0.5, 0.6) is 5.75 Å². The number of rotatable bonds is 5. The summed E-state index contributed by atoms with van der Waals surface area (Å²) in [7, 11) is 1.46. The first-order valence-electron chi connectivity index (χ1n) is 9.39. The van der Waals surface area contributed by atoms with Gasteiger partial charge in [0.05, 0.1) is 35.1 Å². The van der Waals surface area contributed by atoms with Crippen molar-refractivity contribution in [2.45, 2.75) is 27.3 Å². The first-order valence-corrected chi connectivity index (χ1v) is 10.6. The van der Waals surface area contributed by atoms with Crippen LogP contribution in [0.3, 0.4) is 0 Å². The second-order valence-corrected chi connectivity index (χ2v) is 8.78. The number of benzene rings is 2. The van der Waals surface area contributed by atoms with Gasteiger partial charge in [-0.25, -0.2) is 4.98 Å². The van der Waals surface area contributed by atoms with E-state index in [1.54, 1.807) is 17.5 Å². The lowest BCUT2D eigenvalue weighted by Gasteiger charge is -2.16. The summed E-state index contributed by atoms with van der Waals surface area (Å²) in [6, 6.07) is 9.98. The molecule has 30 heavy (non-hydrogen) atoms. The number of hydrogen-bond donors (Lipinski definition) is 1. The van der Waals surface area contributed by atoms with Crippen LogP contribution in [0.15, 0.2) is 41.3 Å². The van der Waals surface area contributed by atoms with Gasteiger partial charge in [0, 0.05) is 10.7 Å². The van der Waals surface area contributed by atoms with Crippen molar-refractivity contribution in [3.63, 3.8) is 0 Å². The van der Waals surface area contributed by atoms with Crippen molar-refractivity contribution in [2.75, 3.05) is 12.4 Å². The van der Waals surface area contributed by atoms with Gasteiger partial charge in [0.2, 0.25) is 11.7 Å².